The highest BCUT2D eigenvalue weighted by Crippen LogP contribution is 2.11. The van der Waals surface area contributed by atoms with E-state index in [0.29, 0.717) is 19.4 Å². The fraction of sp³-hybridized carbons (Fsp3) is 0.565. The number of phenolic OH excluding ortho intramolecular Hbond substituents is 1. The molecule has 0 saturated heterocycles. The number of carbonyl (C=O) groups is 4. The summed E-state index contributed by atoms with van der Waals surface area (Å²) in [4.78, 5) is 49.6. The zero-order valence-electron chi connectivity index (χ0n) is 20.1. The van der Waals surface area contributed by atoms with Crippen LogP contribution in [0.2, 0.25) is 0 Å². The van der Waals surface area contributed by atoms with E-state index in [-0.39, 0.29) is 30.3 Å². The number of carboxylic acids is 1. The number of amides is 3. The lowest BCUT2D eigenvalue weighted by molar-refractivity contribution is -0.142. The topological polar surface area (TPSA) is 197 Å². The predicted molar refractivity (Wildman–Crippen MR) is 135 cm³/mol. The Kier molecular flexibility index (Phi) is 13.1. The second-order valence-electron chi connectivity index (χ2n) is 8.63. The average Bonchev–Trinajstić information content (AvgIpc) is 2.80. The van der Waals surface area contributed by atoms with Crippen molar-refractivity contribution < 1.29 is 29.4 Å². The van der Waals surface area contributed by atoms with Crippen molar-refractivity contribution in [1.29, 1.82) is 0 Å². The van der Waals surface area contributed by atoms with Crippen molar-refractivity contribution >= 4 is 36.3 Å². The summed E-state index contributed by atoms with van der Waals surface area (Å²) in [6.07, 6.45) is 1.55. The maximum atomic E-state index is 12.9. The lowest BCUT2D eigenvalue weighted by atomic mass is 10.0. The first-order chi connectivity index (χ1) is 16.5. The molecule has 1 aromatic carbocycles. The van der Waals surface area contributed by atoms with Crippen molar-refractivity contribution in [2.24, 2.45) is 17.4 Å². The molecule has 0 aromatic heterocycles. The molecule has 0 aliphatic heterocycles. The molecule has 0 bridgehead atoms. The summed E-state index contributed by atoms with van der Waals surface area (Å²) >= 11 is 4.11. The number of benzene rings is 1. The Bertz CT molecular complexity index is 851. The predicted octanol–water partition coefficient (Wildman–Crippen LogP) is -0.484. The summed E-state index contributed by atoms with van der Waals surface area (Å²) in [7, 11) is 0. The van der Waals surface area contributed by atoms with Gasteiger partial charge in [-0.1, -0.05) is 26.0 Å². The molecule has 0 heterocycles. The van der Waals surface area contributed by atoms with E-state index in [1.165, 1.54) is 12.1 Å². The van der Waals surface area contributed by atoms with E-state index >= 15 is 0 Å². The van der Waals surface area contributed by atoms with E-state index in [9.17, 15) is 29.4 Å². The fourth-order valence-corrected chi connectivity index (χ4v) is 3.51. The van der Waals surface area contributed by atoms with E-state index in [1.807, 2.05) is 0 Å². The van der Waals surface area contributed by atoms with Gasteiger partial charge in [-0.15, -0.1) is 0 Å². The Balaban J connectivity index is 2.77. The summed E-state index contributed by atoms with van der Waals surface area (Å²) in [5.41, 5.74) is 12.2. The number of aliphatic carboxylic acids is 1. The molecule has 12 heteroatoms. The molecule has 3 amide bonds. The Morgan fingerprint density at radius 3 is 2.06 bits per heavy atom. The van der Waals surface area contributed by atoms with Gasteiger partial charge in [-0.3, -0.25) is 14.4 Å². The lowest BCUT2D eigenvalue weighted by Crippen LogP contribution is -2.59. The number of hydrogen-bond acceptors (Lipinski definition) is 8. The van der Waals surface area contributed by atoms with Gasteiger partial charge in [0.2, 0.25) is 17.7 Å². The van der Waals surface area contributed by atoms with Gasteiger partial charge in [-0.2, -0.15) is 12.6 Å². The van der Waals surface area contributed by atoms with Crippen molar-refractivity contribution in [2.75, 3.05) is 12.3 Å². The third-order valence-electron chi connectivity index (χ3n) is 5.35. The van der Waals surface area contributed by atoms with Crippen molar-refractivity contribution in [3.05, 3.63) is 29.8 Å². The van der Waals surface area contributed by atoms with Gasteiger partial charge in [0, 0.05) is 5.75 Å². The van der Waals surface area contributed by atoms with Crippen LogP contribution in [0.25, 0.3) is 0 Å². The Hall–Kier alpha value is -2.83. The number of thiol groups is 1. The zero-order chi connectivity index (χ0) is 26.5. The molecule has 0 spiro atoms. The van der Waals surface area contributed by atoms with Gasteiger partial charge in [0.25, 0.3) is 0 Å². The molecule has 4 atom stereocenters. The number of aromatic hydroxyl groups is 1. The van der Waals surface area contributed by atoms with Crippen LogP contribution in [0.15, 0.2) is 24.3 Å². The number of rotatable bonds is 15. The molecule has 35 heavy (non-hydrogen) atoms. The summed E-state index contributed by atoms with van der Waals surface area (Å²) in [6.45, 7) is 3.86. The second-order valence-corrected chi connectivity index (χ2v) is 9.00. The quantitative estimate of drug-likeness (QED) is 0.114. The molecular formula is C23H37N5O6S. The monoisotopic (exact) mass is 511 g/mol. The van der Waals surface area contributed by atoms with Gasteiger partial charge >= 0.3 is 5.97 Å². The Morgan fingerprint density at radius 1 is 0.943 bits per heavy atom. The van der Waals surface area contributed by atoms with Crippen LogP contribution in [0.1, 0.15) is 38.7 Å². The number of carboxylic acid groups (broad SMARTS) is 1. The molecule has 196 valence electrons. The number of unbranched alkanes of at least 4 members (excludes halogenated alkanes) is 1. The van der Waals surface area contributed by atoms with Crippen LogP contribution in [0.5, 0.6) is 5.75 Å². The maximum Gasteiger partial charge on any atom is 0.326 e. The minimum Gasteiger partial charge on any atom is -0.508 e. The Morgan fingerprint density at radius 2 is 1.54 bits per heavy atom. The fourth-order valence-electron chi connectivity index (χ4n) is 3.25. The standard InChI is InChI=1S/C23H37N5O6S/c1-13(2)19(28-20(30)16(25)11-14-6-8-15(29)9-7-14)22(32)27-18(12-35)21(31)26-17(23(33)34)5-3-4-10-24/h6-9,13,16-19,29,35H,3-5,10-12,24-25H2,1-2H3,(H,26,31)(H,27,32)(H,28,30)(H,33,34). The highest BCUT2D eigenvalue weighted by Gasteiger charge is 2.31. The van der Waals surface area contributed by atoms with E-state index in [0.717, 1.165) is 5.56 Å². The van der Waals surface area contributed by atoms with Gasteiger partial charge in [-0.25, -0.2) is 4.79 Å². The number of phenols is 1. The van der Waals surface area contributed by atoms with E-state index < -0.39 is 47.9 Å². The van der Waals surface area contributed by atoms with Crippen LogP contribution in [0.4, 0.5) is 0 Å². The minimum absolute atomic E-state index is 0.0775. The number of nitrogens with two attached hydrogens (primary N) is 2. The van der Waals surface area contributed by atoms with Gasteiger partial charge in [-0.05, 0) is 55.8 Å². The largest absolute Gasteiger partial charge is 0.508 e. The van der Waals surface area contributed by atoms with E-state index in [1.54, 1.807) is 26.0 Å². The molecule has 0 saturated carbocycles. The number of hydrogen-bond donors (Lipinski definition) is 8. The van der Waals surface area contributed by atoms with Crippen LogP contribution in [0, 0.1) is 5.92 Å². The molecular weight excluding hydrogens is 474 g/mol. The van der Waals surface area contributed by atoms with Crippen molar-refractivity contribution in [3.63, 3.8) is 0 Å². The van der Waals surface area contributed by atoms with Crippen LogP contribution in [-0.4, -0.2) is 70.4 Å². The van der Waals surface area contributed by atoms with Crippen molar-refractivity contribution in [1.82, 2.24) is 16.0 Å². The third kappa shape index (κ3) is 10.5. The zero-order valence-corrected chi connectivity index (χ0v) is 21.0. The third-order valence-corrected chi connectivity index (χ3v) is 5.72. The molecule has 0 aliphatic rings. The SMILES string of the molecule is CC(C)C(NC(=O)C(N)Cc1ccc(O)cc1)C(=O)NC(CS)C(=O)NC(CCCCN)C(=O)O. The van der Waals surface area contributed by atoms with Gasteiger partial charge < -0.3 is 37.6 Å². The lowest BCUT2D eigenvalue weighted by Gasteiger charge is -2.26. The minimum atomic E-state index is -1.19. The van der Waals surface area contributed by atoms with E-state index in [4.69, 9.17) is 11.5 Å². The molecule has 9 N–H and O–H groups in total. The highest BCUT2D eigenvalue weighted by atomic mass is 32.1. The van der Waals surface area contributed by atoms with Crippen LogP contribution in [0.3, 0.4) is 0 Å². The first-order valence-electron chi connectivity index (χ1n) is 11.5. The van der Waals surface area contributed by atoms with Crippen LogP contribution < -0.4 is 27.4 Å². The smallest absolute Gasteiger partial charge is 0.326 e. The molecule has 1 aromatic rings. The van der Waals surface area contributed by atoms with Gasteiger partial charge in [0.05, 0.1) is 6.04 Å². The molecule has 4 unspecified atom stereocenters. The summed E-state index contributed by atoms with van der Waals surface area (Å²) in [5, 5.41) is 26.3. The number of nitrogens with one attached hydrogen (secondary N) is 3. The molecule has 0 fully saturated rings. The summed E-state index contributed by atoms with van der Waals surface area (Å²) < 4.78 is 0. The molecule has 0 radical (unpaired) electrons. The van der Waals surface area contributed by atoms with Gasteiger partial charge in [0.1, 0.15) is 23.9 Å². The van der Waals surface area contributed by atoms with Crippen molar-refractivity contribution in [3.8, 4) is 5.75 Å². The summed E-state index contributed by atoms with van der Waals surface area (Å²) in [6, 6.07) is 2.11. The average molecular weight is 512 g/mol. The maximum absolute atomic E-state index is 12.9. The number of carbonyl (C=O) groups excluding carboxylic acids is 3. The Labute approximate surface area is 210 Å². The van der Waals surface area contributed by atoms with Crippen LogP contribution >= 0.6 is 12.6 Å². The molecule has 0 aliphatic carbocycles. The van der Waals surface area contributed by atoms with E-state index in [2.05, 4.69) is 28.6 Å². The molecule has 11 nitrogen and oxygen atoms in total. The highest BCUT2D eigenvalue weighted by molar-refractivity contribution is 7.80. The van der Waals surface area contributed by atoms with Crippen molar-refractivity contribution in [2.45, 2.75) is 63.7 Å². The molecule has 1 rings (SSSR count). The second kappa shape index (κ2) is 15.2. The van der Waals surface area contributed by atoms with Crippen LogP contribution in [-0.2, 0) is 25.6 Å². The van der Waals surface area contributed by atoms with Gasteiger partial charge in [0.15, 0.2) is 0 Å². The first kappa shape index (κ1) is 30.2. The normalized spacial score (nSPS) is 14.5. The summed E-state index contributed by atoms with van der Waals surface area (Å²) in [5.74, 6) is -3.35. The first-order valence-corrected chi connectivity index (χ1v) is 12.1.